The van der Waals surface area contributed by atoms with E-state index in [2.05, 4.69) is 0 Å². The molecule has 0 aromatic heterocycles. The van der Waals surface area contributed by atoms with E-state index < -0.39 is 13.9 Å². The number of phenolic OH excluding ortho intramolecular Hbond substituents is 1. The molecule has 152 valence electrons. The molecular weight excluding hydrogens is 387 g/mol. The summed E-state index contributed by atoms with van der Waals surface area (Å²) in [7, 11) is -4.71. The van der Waals surface area contributed by atoms with E-state index >= 15 is 0 Å². The quantitative estimate of drug-likeness (QED) is 0.603. The van der Waals surface area contributed by atoms with Gasteiger partial charge in [0.25, 0.3) is 0 Å². The van der Waals surface area contributed by atoms with Crippen LogP contribution in [0, 0.1) is 13.8 Å². The van der Waals surface area contributed by atoms with E-state index in [9.17, 15) is 19.5 Å². The summed E-state index contributed by atoms with van der Waals surface area (Å²) in [6, 6.07) is 19.1. The monoisotopic (exact) mass is 410 g/mol. The zero-order valence-corrected chi connectivity index (χ0v) is 17.3. The van der Waals surface area contributed by atoms with Crippen molar-refractivity contribution >= 4 is 7.60 Å². The highest BCUT2D eigenvalue weighted by Gasteiger charge is 2.10. The Morgan fingerprint density at radius 2 is 1.55 bits per heavy atom. The molecule has 3 aromatic carbocycles. The highest BCUT2D eigenvalue weighted by atomic mass is 31.2. The first kappa shape index (κ1) is 21.1. The van der Waals surface area contributed by atoms with Gasteiger partial charge >= 0.3 is 0 Å². The van der Waals surface area contributed by atoms with Gasteiger partial charge in [-0.2, -0.15) is 0 Å². The summed E-state index contributed by atoms with van der Waals surface area (Å²) in [6.07, 6.45) is 0.462. The van der Waals surface area contributed by atoms with Crippen LogP contribution >= 0.6 is 7.60 Å². The summed E-state index contributed by atoms with van der Waals surface area (Å²) >= 11 is 0. The molecule has 0 atom stereocenters. The molecule has 0 spiro atoms. The van der Waals surface area contributed by atoms with Crippen molar-refractivity contribution in [3.8, 4) is 11.5 Å². The van der Waals surface area contributed by atoms with Crippen molar-refractivity contribution in [2.24, 2.45) is 0 Å². The fourth-order valence-corrected chi connectivity index (χ4v) is 3.69. The van der Waals surface area contributed by atoms with Gasteiger partial charge in [0.05, 0.1) is 0 Å². The number of phenols is 1. The largest absolute Gasteiger partial charge is 0.808 e. The molecule has 1 N–H and O–H groups in total. The van der Waals surface area contributed by atoms with Crippen LogP contribution in [0.4, 0.5) is 0 Å². The molecule has 0 aliphatic rings. The van der Waals surface area contributed by atoms with Crippen molar-refractivity contribution in [3.05, 3.63) is 94.0 Å². The standard InChI is InChI=1S/C23H25O5P/c1-16-10-21(28-15-29(25,26)27)11-17(2)22(16)14-19-8-9-23(24)20(13-19)12-18-6-4-3-5-7-18/h3-11,13,24H,12,14-15H2,1-2H3,(H2,25,26,27)/p-2. The summed E-state index contributed by atoms with van der Waals surface area (Å²) in [5.41, 5.74) is 6.06. The lowest BCUT2D eigenvalue weighted by Gasteiger charge is -2.29. The van der Waals surface area contributed by atoms with Crippen LogP contribution in [-0.2, 0) is 17.4 Å². The predicted octanol–water partition coefficient (Wildman–Crippen LogP) is 3.44. The van der Waals surface area contributed by atoms with Crippen molar-refractivity contribution in [3.63, 3.8) is 0 Å². The summed E-state index contributed by atoms with van der Waals surface area (Å²) < 4.78 is 15.9. The molecule has 0 saturated heterocycles. The molecule has 3 rings (SSSR count). The van der Waals surface area contributed by atoms with Crippen molar-refractivity contribution in [1.82, 2.24) is 0 Å². The molecule has 0 aliphatic carbocycles. The number of aryl methyl sites for hydroxylation is 2. The molecule has 0 fully saturated rings. The molecular formula is C23H23O5P-2. The van der Waals surface area contributed by atoms with E-state index in [-0.39, 0.29) is 5.75 Å². The molecule has 0 radical (unpaired) electrons. The molecule has 0 saturated carbocycles. The highest BCUT2D eigenvalue weighted by Crippen LogP contribution is 2.29. The molecule has 0 bridgehead atoms. The van der Waals surface area contributed by atoms with Gasteiger partial charge in [-0.3, -0.25) is 0 Å². The Balaban J connectivity index is 1.81. The molecule has 5 nitrogen and oxygen atoms in total. The Kier molecular flexibility index (Phi) is 6.43. The maximum Gasteiger partial charge on any atom is 0.120 e. The van der Waals surface area contributed by atoms with E-state index in [4.69, 9.17) is 4.74 Å². The summed E-state index contributed by atoms with van der Waals surface area (Å²) in [4.78, 5) is 21.6. The van der Waals surface area contributed by atoms with Crippen LogP contribution in [0.3, 0.4) is 0 Å². The van der Waals surface area contributed by atoms with Gasteiger partial charge in [-0.1, -0.05) is 42.5 Å². The second-order valence-electron chi connectivity index (χ2n) is 7.22. The van der Waals surface area contributed by atoms with Crippen LogP contribution in [0.1, 0.15) is 33.4 Å². The Bertz CT molecular complexity index is 1020. The number of benzene rings is 3. The molecule has 6 heteroatoms. The van der Waals surface area contributed by atoms with Crippen LogP contribution in [0.2, 0.25) is 0 Å². The molecule has 3 aromatic rings. The van der Waals surface area contributed by atoms with Gasteiger partial charge in [-0.25, -0.2) is 0 Å². The molecule has 0 unspecified atom stereocenters. The number of rotatable bonds is 7. The average molecular weight is 410 g/mol. The van der Waals surface area contributed by atoms with E-state index in [1.54, 1.807) is 18.2 Å². The third-order valence-electron chi connectivity index (χ3n) is 4.82. The van der Waals surface area contributed by atoms with Gasteiger partial charge in [-0.05, 0) is 79.4 Å². The minimum absolute atomic E-state index is 0.273. The average Bonchev–Trinajstić information content (AvgIpc) is 2.66. The lowest BCUT2D eigenvalue weighted by molar-refractivity contribution is -0.316. The highest BCUT2D eigenvalue weighted by molar-refractivity contribution is 7.48. The first-order valence-electron chi connectivity index (χ1n) is 9.30. The zero-order valence-electron chi connectivity index (χ0n) is 16.4. The summed E-state index contributed by atoms with van der Waals surface area (Å²) in [5, 5.41) is 10.2. The predicted molar refractivity (Wildman–Crippen MR) is 109 cm³/mol. The Labute approximate surface area is 170 Å². The minimum Gasteiger partial charge on any atom is -0.808 e. The van der Waals surface area contributed by atoms with Crippen LogP contribution in [0.5, 0.6) is 11.5 Å². The van der Waals surface area contributed by atoms with Crippen LogP contribution < -0.4 is 14.5 Å². The second-order valence-corrected chi connectivity index (χ2v) is 8.70. The van der Waals surface area contributed by atoms with E-state index in [0.717, 1.165) is 33.4 Å². The number of hydrogen-bond acceptors (Lipinski definition) is 5. The van der Waals surface area contributed by atoms with Gasteiger partial charge in [0.15, 0.2) is 0 Å². The number of aromatic hydroxyl groups is 1. The van der Waals surface area contributed by atoms with E-state index in [1.165, 1.54) is 0 Å². The maximum atomic E-state index is 10.8. The Morgan fingerprint density at radius 3 is 2.17 bits per heavy atom. The molecule has 0 aliphatic heterocycles. The van der Waals surface area contributed by atoms with Gasteiger partial charge < -0.3 is 24.2 Å². The van der Waals surface area contributed by atoms with Gasteiger partial charge in [0.1, 0.15) is 17.8 Å². The van der Waals surface area contributed by atoms with Crippen LogP contribution in [0.25, 0.3) is 0 Å². The van der Waals surface area contributed by atoms with Gasteiger partial charge in [0, 0.05) is 6.42 Å². The van der Waals surface area contributed by atoms with Crippen LogP contribution in [-0.4, -0.2) is 11.5 Å². The topological polar surface area (TPSA) is 92.7 Å². The maximum absolute atomic E-state index is 10.8. The van der Waals surface area contributed by atoms with Crippen molar-refractivity contribution in [2.45, 2.75) is 26.7 Å². The Morgan fingerprint density at radius 1 is 0.897 bits per heavy atom. The molecule has 29 heavy (non-hydrogen) atoms. The Hall–Kier alpha value is -2.59. The lowest BCUT2D eigenvalue weighted by Crippen LogP contribution is -2.19. The second kappa shape index (κ2) is 8.83. The fraction of sp³-hybridized carbons (Fsp3) is 0.217. The summed E-state index contributed by atoms with van der Waals surface area (Å²) in [6.45, 7) is 3.85. The van der Waals surface area contributed by atoms with E-state index in [0.29, 0.717) is 18.6 Å². The summed E-state index contributed by atoms with van der Waals surface area (Å²) in [5.74, 6) is 0.639. The van der Waals surface area contributed by atoms with Gasteiger partial charge in [0.2, 0.25) is 0 Å². The number of ether oxygens (including phenoxy) is 1. The smallest absolute Gasteiger partial charge is 0.120 e. The first-order chi connectivity index (χ1) is 13.7. The SMILES string of the molecule is Cc1cc(OCP(=O)([O-])[O-])cc(C)c1Cc1ccc(O)c(Cc2ccccc2)c1. The van der Waals surface area contributed by atoms with Crippen molar-refractivity contribution < 1.29 is 24.2 Å². The first-order valence-corrected chi connectivity index (χ1v) is 11.0. The normalized spacial score (nSPS) is 11.4. The van der Waals surface area contributed by atoms with Gasteiger partial charge in [-0.15, -0.1) is 0 Å². The zero-order chi connectivity index (χ0) is 21.0. The third kappa shape index (κ3) is 5.94. The van der Waals surface area contributed by atoms with Crippen molar-refractivity contribution in [1.29, 1.82) is 0 Å². The van der Waals surface area contributed by atoms with E-state index in [1.807, 2.05) is 56.3 Å². The van der Waals surface area contributed by atoms with Crippen molar-refractivity contribution in [2.75, 3.05) is 6.35 Å². The lowest BCUT2D eigenvalue weighted by atomic mass is 9.93. The fourth-order valence-electron chi connectivity index (χ4n) is 3.38. The molecule has 0 heterocycles. The van der Waals surface area contributed by atoms with Crippen LogP contribution in [0.15, 0.2) is 60.7 Å². The number of hydrogen-bond donors (Lipinski definition) is 1. The molecule has 0 amide bonds. The third-order valence-corrected chi connectivity index (χ3v) is 5.27. The minimum atomic E-state index is -4.71.